The molecule has 0 fully saturated rings. The Morgan fingerprint density at radius 3 is 2.36 bits per heavy atom. The van der Waals surface area contributed by atoms with Crippen LogP contribution in [-0.2, 0) is 16.0 Å². The second-order valence-corrected chi connectivity index (χ2v) is 4.89. The van der Waals surface area contributed by atoms with Gasteiger partial charge in [-0.25, -0.2) is 4.79 Å². The van der Waals surface area contributed by atoms with Gasteiger partial charge in [-0.1, -0.05) is 48.5 Å². The first-order valence-corrected chi connectivity index (χ1v) is 7.20. The summed E-state index contributed by atoms with van der Waals surface area (Å²) in [4.78, 5) is 12.0. The van der Waals surface area contributed by atoms with Gasteiger partial charge >= 0.3 is 5.97 Å². The van der Waals surface area contributed by atoms with Crippen molar-refractivity contribution in [3.63, 3.8) is 0 Å². The third-order valence-electron chi connectivity index (χ3n) is 3.44. The molecule has 0 aliphatic rings. The van der Waals surface area contributed by atoms with Crippen molar-refractivity contribution in [1.82, 2.24) is 0 Å². The van der Waals surface area contributed by atoms with Gasteiger partial charge in [-0.05, 0) is 30.5 Å². The maximum Gasteiger partial charge on any atom is 0.333 e. The number of rotatable bonds is 6. The third kappa shape index (κ3) is 4.22. The molecule has 114 valence electrons. The Morgan fingerprint density at radius 1 is 1.00 bits per heavy atom. The molecule has 0 atom stereocenters. The number of carbonyl (C=O) groups is 1. The molecule has 0 bridgehead atoms. The van der Waals surface area contributed by atoms with Gasteiger partial charge < -0.3 is 9.47 Å². The van der Waals surface area contributed by atoms with E-state index in [1.807, 2.05) is 48.5 Å². The summed E-state index contributed by atoms with van der Waals surface area (Å²) in [5, 5.41) is 0. The van der Waals surface area contributed by atoms with Gasteiger partial charge in [-0.2, -0.15) is 0 Å². The Hall–Kier alpha value is -2.55. The highest BCUT2D eigenvalue weighted by Crippen LogP contribution is 2.22. The Balaban J connectivity index is 2.22. The zero-order valence-electron chi connectivity index (χ0n) is 12.9. The van der Waals surface area contributed by atoms with E-state index in [0.717, 1.165) is 17.7 Å². The van der Waals surface area contributed by atoms with Crippen LogP contribution in [-0.4, -0.2) is 20.2 Å². The van der Waals surface area contributed by atoms with Gasteiger partial charge in [0.15, 0.2) is 0 Å². The number of carbonyl (C=O) groups excluding carboxylic acids is 1. The van der Waals surface area contributed by atoms with Gasteiger partial charge in [0.1, 0.15) is 5.75 Å². The van der Waals surface area contributed by atoms with Gasteiger partial charge in [0.05, 0.1) is 14.2 Å². The molecular formula is C19H20O3. The number of para-hydroxylation sites is 1. The van der Waals surface area contributed by atoms with E-state index in [0.29, 0.717) is 12.0 Å². The van der Waals surface area contributed by atoms with Crippen LogP contribution in [0.25, 0.3) is 6.08 Å². The Morgan fingerprint density at radius 2 is 1.68 bits per heavy atom. The van der Waals surface area contributed by atoms with Crippen molar-refractivity contribution in [3.05, 3.63) is 71.3 Å². The lowest BCUT2D eigenvalue weighted by Gasteiger charge is -2.08. The number of esters is 1. The summed E-state index contributed by atoms with van der Waals surface area (Å²) >= 11 is 0. The van der Waals surface area contributed by atoms with Crippen molar-refractivity contribution >= 4 is 12.0 Å². The van der Waals surface area contributed by atoms with E-state index in [1.54, 1.807) is 7.11 Å². The number of ether oxygens (including phenoxy) is 2. The summed E-state index contributed by atoms with van der Waals surface area (Å²) in [5.41, 5.74) is 2.70. The van der Waals surface area contributed by atoms with E-state index < -0.39 is 0 Å². The fourth-order valence-corrected chi connectivity index (χ4v) is 2.26. The molecule has 2 aromatic carbocycles. The van der Waals surface area contributed by atoms with Crippen molar-refractivity contribution in [3.8, 4) is 5.75 Å². The van der Waals surface area contributed by atoms with Crippen LogP contribution in [0, 0.1) is 0 Å². The summed E-state index contributed by atoms with van der Waals surface area (Å²) in [6.07, 6.45) is 3.25. The minimum absolute atomic E-state index is 0.304. The molecule has 3 nitrogen and oxygen atoms in total. The van der Waals surface area contributed by atoms with E-state index in [1.165, 1.54) is 12.7 Å². The van der Waals surface area contributed by atoms with Crippen LogP contribution in [0.1, 0.15) is 17.5 Å². The lowest BCUT2D eigenvalue weighted by Crippen LogP contribution is -2.06. The number of hydrogen-bond donors (Lipinski definition) is 0. The van der Waals surface area contributed by atoms with Crippen molar-refractivity contribution in [2.45, 2.75) is 12.8 Å². The van der Waals surface area contributed by atoms with E-state index in [-0.39, 0.29) is 5.97 Å². The SMILES string of the molecule is COC(=O)/C(=C\c1ccccc1OC)CCc1ccccc1. The monoisotopic (exact) mass is 296 g/mol. The molecule has 0 spiro atoms. The van der Waals surface area contributed by atoms with Gasteiger partial charge in [0.2, 0.25) is 0 Å². The molecule has 0 heterocycles. The molecule has 2 aromatic rings. The second-order valence-electron chi connectivity index (χ2n) is 4.89. The topological polar surface area (TPSA) is 35.5 Å². The van der Waals surface area contributed by atoms with Crippen molar-refractivity contribution in [1.29, 1.82) is 0 Å². The van der Waals surface area contributed by atoms with Crippen molar-refractivity contribution in [2.24, 2.45) is 0 Å². The second kappa shape index (κ2) is 8.03. The van der Waals surface area contributed by atoms with Crippen molar-refractivity contribution in [2.75, 3.05) is 14.2 Å². The summed E-state index contributed by atoms with van der Waals surface area (Å²) in [6, 6.07) is 17.7. The first-order valence-electron chi connectivity index (χ1n) is 7.20. The van der Waals surface area contributed by atoms with Crippen LogP contribution in [0.4, 0.5) is 0 Å². The lowest BCUT2D eigenvalue weighted by molar-refractivity contribution is -0.136. The van der Waals surface area contributed by atoms with Crippen LogP contribution in [0.15, 0.2) is 60.2 Å². The van der Waals surface area contributed by atoms with Crippen LogP contribution in [0.5, 0.6) is 5.75 Å². The van der Waals surface area contributed by atoms with Gasteiger partial charge in [0.25, 0.3) is 0 Å². The van der Waals surface area contributed by atoms with E-state index in [4.69, 9.17) is 9.47 Å². The quantitative estimate of drug-likeness (QED) is 0.599. The number of benzene rings is 2. The average molecular weight is 296 g/mol. The highest BCUT2D eigenvalue weighted by Gasteiger charge is 2.11. The number of aryl methyl sites for hydroxylation is 1. The van der Waals surface area contributed by atoms with Crippen LogP contribution in [0.3, 0.4) is 0 Å². The van der Waals surface area contributed by atoms with Gasteiger partial charge in [0, 0.05) is 11.1 Å². The number of methoxy groups -OCH3 is 2. The fourth-order valence-electron chi connectivity index (χ4n) is 2.26. The fraction of sp³-hybridized carbons (Fsp3) is 0.211. The highest BCUT2D eigenvalue weighted by molar-refractivity contribution is 5.94. The minimum atomic E-state index is -0.304. The molecule has 0 unspecified atom stereocenters. The van der Waals surface area contributed by atoms with Gasteiger partial charge in [-0.15, -0.1) is 0 Å². The summed E-state index contributed by atoms with van der Waals surface area (Å²) in [7, 11) is 3.02. The molecular weight excluding hydrogens is 276 g/mol. The summed E-state index contributed by atoms with van der Waals surface area (Å²) < 4.78 is 10.2. The predicted octanol–water partition coefficient (Wildman–Crippen LogP) is 3.88. The predicted molar refractivity (Wildman–Crippen MR) is 87.8 cm³/mol. The Bertz CT molecular complexity index is 645. The normalized spacial score (nSPS) is 11.1. The lowest BCUT2D eigenvalue weighted by atomic mass is 10.0. The Kier molecular flexibility index (Phi) is 5.78. The smallest absolute Gasteiger partial charge is 0.333 e. The van der Waals surface area contributed by atoms with Crippen molar-refractivity contribution < 1.29 is 14.3 Å². The van der Waals surface area contributed by atoms with Gasteiger partial charge in [-0.3, -0.25) is 0 Å². The number of hydrogen-bond acceptors (Lipinski definition) is 3. The highest BCUT2D eigenvalue weighted by atomic mass is 16.5. The summed E-state index contributed by atoms with van der Waals surface area (Å²) in [6.45, 7) is 0. The van der Waals surface area contributed by atoms with Crippen LogP contribution >= 0.6 is 0 Å². The average Bonchev–Trinajstić information content (AvgIpc) is 2.59. The molecule has 0 saturated carbocycles. The van der Waals surface area contributed by atoms with E-state index >= 15 is 0 Å². The standard InChI is InChI=1S/C19H20O3/c1-21-18-11-7-6-10-16(18)14-17(19(20)22-2)13-12-15-8-4-3-5-9-15/h3-11,14H,12-13H2,1-2H3/b17-14-. The van der Waals surface area contributed by atoms with E-state index in [2.05, 4.69) is 12.1 Å². The molecule has 0 aliphatic carbocycles. The largest absolute Gasteiger partial charge is 0.496 e. The maximum absolute atomic E-state index is 12.0. The molecule has 0 saturated heterocycles. The summed E-state index contributed by atoms with van der Waals surface area (Å²) in [5.74, 6) is 0.436. The Labute approximate surface area is 131 Å². The zero-order valence-corrected chi connectivity index (χ0v) is 12.9. The zero-order chi connectivity index (χ0) is 15.8. The molecule has 0 radical (unpaired) electrons. The molecule has 0 amide bonds. The third-order valence-corrected chi connectivity index (χ3v) is 3.44. The minimum Gasteiger partial charge on any atom is -0.496 e. The maximum atomic E-state index is 12.0. The molecule has 2 rings (SSSR count). The molecule has 0 aromatic heterocycles. The molecule has 0 aliphatic heterocycles. The molecule has 3 heteroatoms. The first kappa shape index (κ1) is 15.8. The first-order chi connectivity index (χ1) is 10.7. The molecule has 22 heavy (non-hydrogen) atoms. The molecule has 0 N–H and O–H groups in total. The van der Waals surface area contributed by atoms with Crippen LogP contribution in [0.2, 0.25) is 0 Å². The van der Waals surface area contributed by atoms with Crippen LogP contribution < -0.4 is 4.74 Å². The van der Waals surface area contributed by atoms with E-state index in [9.17, 15) is 4.79 Å².